The van der Waals surface area contributed by atoms with Gasteiger partial charge in [0.2, 0.25) is 0 Å². The highest BCUT2D eigenvalue weighted by Gasteiger charge is 1.97. The summed E-state index contributed by atoms with van der Waals surface area (Å²) in [6.45, 7) is 0.734. The molecular formula is C5H5Cl2N. The maximum atomic E-state index is 5.56. The predicted octanol–water partition coefficient (Wildman–Crippen LogP) is 2.09. The summed E-state index contributed by atoms with van der Waals surface area (Å²) in [5, 5.41) is 0.672. The molecule has 1 aliphatic rings. The maximum absolute atomic E-state index is 5.56. The molecule has 44 valence electrons. The van der Waals surface area contributed by atoms with Gasteiger partial charge in [-0.25, -0.2) is 0 Å². The molecule has 0 aromatic rings. The highest BCUT2D eigenvalue weighted by Crippen LogP contribution is 2.11. The quantitative estimate of drug-likeness (QED) is 0.478. The molecule has 0 saturated heterocycles. The van der Waals surface area contributed by atoms with Crippen LogP contribution in [0.1, 0.15) is 0 Å². The molecule has 0 atom stereocenters. The fourth-order valence-electron chi connectivity index (χ4n) is 0.496. The number of halogens is 2. The second-order valence-corrected chi connectivity index (χ2v) is 2.37. The molecule has 3 heteroatoms. The maximum Gasteiger partial charge on any atom is 0.0575 e. The number of rotatable bonds is 0. The molecule has 1 heterocycles. The van der Waals surface area contributed by atoms with Gasteiger partial charge in [0.25, 0.3) is 0 Å². The summed E-state index contributed by atoms with van der Waals surface area (Å²) in [4.78, 5) is 0. The van der Waals surface area contributed by atoms with Gasteiger partial charge in [-0.2, -0.15) is 0 Å². The van der Waals surface area contributed by atoms with Gasteiger partial charge in [-0.05, 0) is 6.08 Å². The molecule has 0 aliphatic carbocycles. The van der Waals surface area contributed by atoms with Crippen LogP contribution in [0, 0.1) is 0 Å². The molecule has 0 unspecified atom stereocenters. The molecule has 1 rings (SSSR count). The molecule has 0 fully saturated rings. The summed E-state index contributed by atoms with van der Waals surface area (Å²) < 4.78 is 1.50. The number of nitrogens with zero attached hydrogens (tertiary/aromatic N) is 1. The Kier molecular flexibility index (Phi) is 1.81. The van der Waals surface area contributed by atoms with E-state index in [0.29, 0.717) is 5.03 Å². The van der Waals surface area contributed by atoms with E-state index >= 15 is 0 Å². The molecule has 0 aromatic carbocycles. The van der Waals surface area contributed by atoms with Crippen LogP contribution in [0.2, 0.25) is 0 Å². The average Bonchev–Trinajstić information content (AvgIpc) is 1.64. The van der Waals surface area contributed by atoms with Gasteiger partial charge in [-0.1, -0.05) is 17.7 Å². The van der Waals surface area contributed by atoms with Crippen molar-refractivity contribution >= 4 is 23.4 Å². The lowest BCUT2D eigenvalue weighted by molar-refractivity contribution is 0.668. The average molecular weight is 150 g/mol. The van der Waals surface area contributed by atoms with E-state index in [1.54, 1.807) is 6.20 Å². The predicted molar refractivity (Wildman–Crippen MR) is 35.6 cm³/mol. The van der Waals surface area contributed by atoms with Crippen LogP contribution in [0.25, 0.3) is 0 Å². The minimum atomic E-state index is 0.672. The number of hydrogen-bond acceptors (Lipinski definition) is 1. The first-order chi connectivity index (χ1) is 3.79. The minimum Gasteiger partial charge on any atom is -0.287 e. The van der Waals surface area contributed by atoms with Crippen molar-refractivity contribution in [2.24, 2.45) is 0 Å². The van der Waals surface area contributed by atoms with Gasteiger partial charge >= 0.3 is 0 Å². The van der Waals surface area contributed by atoms with Crippen LogP contribution in [0.4, 0.5) is 0 Å². The molecule has 0 spiro atoms. The Morgan fingerprint density at radius 2 is 2.38 bits per heavy atom. The molecule has 0 radical (unpaired) electrons. The van der Waals surface area contributed by atoms with E-state index in [0.717, 1.165) is 6.54 Å². The van der Waals surface area contributed by atoms with Crippen LogP contribution in [-0.4, -0.2) is 11.0 Å². The monoisotopic (exact) mass is 149 g/mol. The summed E-state index contributed by atoms with van der Waals surface area (Å²) in [5.41, 5.74) is 0. The van der Waals surface area contributed by atoms with E-state index in [1.807, 2.05) is 12.2 Å². The van der Waals surface area contributed by atoms with Gasteiger partial charge in [0, 0.05) is 18.0 Å². The fourth-order valence-corrected chi connectivity index (χ4v) is 0.937. The second kappa shape index (κ2) is 2.42. The van der Waals surface area contributed by atoms with Gasteiger partial charge in [-0.15, -0.1) is 0 Å². The van der Waals surface area contributed by atoms with Gasteiger partial charge in [0.15, 0.2) is 0 Å². The van der Waals surface area contributed by atoms with Crippen LogP contribution < -0.4 is 0 Å². The topological polar surface area (TPSA) is 3.24 Å². The SMILES string of the molecule is ClC1=CN(Cl)CC=C1. The van der Waals surface area contributed by atoms with E-state index in [2.05, 4.69) is 0 Å². The lowest BCUT2D eigenvalue weighted by atomic mass is 10.4. The van der Waals surface area contributed by atoms with Crippen molar-refractivity contribution in [1.82, 2.24) is 4.42 Å². The Labute approximate surface area is 58.3 Å². The molecule has 8 heavy (non-hydrogen) atoms. The molecule has 0 N–H and O–H groups in total. The third-order valence-corrected chi connectivity index (χ3v) is 1.28. The van der Waals surface area contributed by atoms with Gasteiger partial charge in [0.05, 0.1) is 11.6 Å². The van der Waals surface area contributed by atoms with Crippen LogP contribution in [0.5, 0.6) is 0 Å². The molecule has 0 bridgehead atoms. The third-order valence-electron chi connectivity index (χ3n) is 0.820. The zero-order valence-electron chi connectivity index (χ0n) is 4.14. The summed E-state index contributed by atoms with van der Waals surface area (Å²) in [6, 6.07) is 0. The van der Waals surface area contributed by atoms with E-state index < -0.39 is 0 Å². The first-order valence-corrected chi connectivity index (χ1v) is 2.97. The lowest BCUT2D eigenvalue weighted by Crippen LogP contribution is -2.05. The van der Waals surface area contributed by atoms with Gasteiger partial charge < -0.3 is 0 Å². The molecule has 0 aromatic heterocycles. The van der Waals surface area contributed by atoms with E-state index in [4.69, 9.17) is 23.4 Å². The van der Waals surface area contributed by atoms with Crippen LogP contribution in [0.3, 0.4) is 0 Å². The fraction of sp³-hybridized carbons (Fsp3) is 0.200. The molecular weight excluding hydrogens is 145 g/mol. The van der Waals surface area contributed by atoms with Crippen LogP contribution >= 0.6 is 23.4 Å². The van der Waals surface area contributed by atoms with Crippen molar-refractivity contribution < 1.29 is 0 Å². The molecule has 1 aliphatic heterocycles. The Hall–Kier alpha value is -0.140. The molecule has 0 amide bonds. The van der Waals surface area contributed by atoms with Crippen molar-refractivity contribution in [2.75, 3.05) is 6.54 Å². The van der Waals surface area contributed by atoms with E-state index in [1.165, 1.54) is 4.42 Å². The molecule has 1 nitrogen and oxygen atoms in total. The van der Waals surface area contributed by atoms with Gasteiger partial charge in [-0.3, -0.25) is 4.42 Å². The van der Waals surface area contributed by atoms with E-state index in [-0.39, 0.29) is 0 Å². The van der Waals surface area contributed by atoms with Crippen LogP contribution in [0.15, 0.2) is 23.4 Å². The Bertz CT molecular complexity index is 139. The van der Waals surface area contributed by atoms with Crippen molar-refractivity contribution in [3.05, 3.63) is 23.4 Å². The Balaban J connectivity index is 2.63. The highest BCUT2D eigenvalue weighted by molar-refractivity contribution is 6.31. The van der Waals surface area contributed by atoms with Crippen LogP contribution in [-0.2, 0) is 0 Å². The second-order valence-electron chi connectivity index (χ2n) is 1.50. The molecule has 0 saturated carbocycles. The summed E-state index contributed by atoms with van der Waals surface area (Å²) in [5.74, 6) is 0. The summed E-state index contributed by atoms with van der Waals surface area (Å²) >= 11 is 11.1. The van der Waals surface area contributed by atoms with Gasteiger partial charge in [0.1, 0.15) is 0 Å². The van der Waals surface area contributed by atoms with Crippen molar-refractivity contribution in [1.29, 1.82) is 0 Å². The standard InChI is InChI=1S/C5H5Cl2N/c6-5-2-1-3-8(7)4-5/h1-2,4H,3H2. The smallest absolute Gasteiger partial charge is 0.0575 e. The zero-order valence-corrected chi connectivity index (χ0v) is 5.65. The zero-order chi connectivity index (χ0) is 5.98. The lowest BCUT2D eigenvalue weighted by Gasteiger charge is -2.10. The first-order valence-electron chi connectivity index (χ1n) is 2.25. The van der Waals surface area contributed by atoms with Crippen molar-refractivity contribution in [2.45, 2.75) is 0 Å². The third kappa shape index (κ3) is 1.42. The summed E-state index contributed by atoms with van der Waals surface area (Å²) in [7, 11) is 0. The van der Waals surface area contributed by atoms with Crippen molar-refractivity contribution in [3.63, 3.8) is 0 Å². The minimum absolute atomic E-state index is 0.672. The first kappa shape index (κ1) is 5.99. The Morgan fingerprint density at radius 1 is 1.62 bits per heavy atom. The van der Waals surface area contributed by atoms with Crippen molar-refractivity contribution in [3.8, 4) is 0 Å². The normalized spacial score (nSPS) is 18.8. The number of allylic oxidation sites excluding steroid dienone is 2. The number of hydrogen-bond donors (Lipinski definition) is 0. The Morgan fingerprint density at radius 3 is 2.75 bits per heavy atom. The largest absolute Gasteiger partial charge is 0.287 e. The summed E-state index contributed by atoms with van der Waals surface area (Å²) in [6.07, 6.45) is 5.39. The highest BCUT2D eigenvalue weighted by atomic mass is 35.5. The van der Waals surface area contributed by atoms with E-state index in [9.17, 15) is 0 Å².